The van der Waals surface area contributed by atoms with Crippen molar-refractivity contribution in [1.29, 1.82) is 0 Å². The maximum Gasteiger partial charge on any atom is 0.339 e. The zero-order valence-corrected chi connectivity index (χ0v) is 11.2. The van der Waals surface area contributed by atoms with Gasteiger partial charge < -0.3 is 19.7 Å². The molecule has 8 heteroatoms. The van der Waals surface area contributed by atoms with Crippen LogP contribution in [0.5, 0.6) is 0 Å². The highest BCUT2D eigenvalue weighted by atomic mass is 16.5. The zero-order chi connectivity index (χ0) is 16.2. The van der Waals surface area contributed by atoms with Crippen LogP contribution in [0.25, 0.3) is 0 Å². The highest BCUT2D eigenvalue weighted by Gasteiger charge is 2.26. The van der Waals surface area contributed by atoms with E-state index in [0.717, 1.165) is 19.2 Å². The molecule has 0 saturated carbocycles. The lowest BCUT2D eigenvalue weighted by molar-refractivity contribution is 0.0512. The molecule has 0 amide bonds. The van der Waals surface area contributed by atoms with E-state index in [-0.39, 0.29) is 6.61 Å². The Bertz CT molecular complexity index is 617. The summed E-state index contributed by atoms with van der Waals surface area (Å²) < 4.78 is 9.11. The second kappa shape index (κ2) is 6.51. The third-order valence-corrected chi connectivity index (χ3v) is 2.52. The smallest absolute Gasteiger partial charge is 0.339 e. The lowest BCUT2D eigenvalue weighted by Gasteiger charge is -2.10. The first kappa shape index (κ1) is 16.2. The van der Waals surface area contributed by atoms with Crippen LogP contribution >= 0.6 is 0 Å². The predicted molar refractivity (Wildman–Crippen MR) is 67.7 cm³/mol. The number of carboxylic acids is 2. The average molecular weight is 296 g/mol. The van der Waals surface area contributed by atoms with Crippen molar-refractivity contribution < 1.29 is 38.9 Å². The molecule has 1 aromatic carbocycles. The molecule has 0 saturated heterocycles. The van der Waals surface area contributed by atoms with Crippen molar-refractivity contribution in [3.63, 3.8) is 0 Å². The van der Waals surface area contributed by atoms with Gasteiger partial charge in [-0.05, 0) is 19.1 Å². The van der Waals surface area contributed by atoms with Gasteiger partial charge >= 0.3 is 23.9 Å². The molecule has 1 rings (SSSR count). The van der Waals surface area contributed by atoms with Crippen LogP contribution in [0, 0.1) is 0 Å². The number of hydrogen-bond donors (Lipinski definition) is 2. The Hall–Kier alpha value is -2.90. The lowest BCUT2D eigenvalue weighted by Crippen LogP contribution is -2.18. The molecule has 21 heavy (non-hydrogen) atoms. The number of hydrogen-bond acceptors (Lipinski definition) is 6. The summed E-state index contributed by atoms with van der Waals surface area (Å²) in [5.41, 5.74) is -2.00. The number of carbonyl (C=O) groups excluding carboxylic acids is 2. The van der Waals surface area contributed by atoms with Gasteiger partial charge in [0.2, 0.25) is 0 Å². The second-order valence-electron chi connectivity index (χ2n) is 3.77. The van der Waals surface area contributed by atoms with E-state index in [1.165, 1.54) is 6.92 Å². The molecule has 0 heterocycles. The van der Waals surface area contributed by atoms with Gasteiger partial charge in [-0.15, -0.1) is 0 Å². The molecule has 112 valence electrons. The Morgan fingerprint density at radius 2 is 1.33 bits per heavy atom. The number of methoxy groups -OCH3 is 1. The standard InChI is InChI=1S/C13H12O8/c1-3-21-13(19)9-5-8(12(18)20-2)6(10(14)15)4-7(9)11(16)17/h4-5H,3H2,1-2H3,(H,14,15)(H,16,17). The SMILES string of the molecule is CCOC(=O)c1cc(C(=O)OC)c(C(=O)O)cc1C(=O)O. The van der Waals surface area contributed by atoms with Gasteiger partial charge in [-0.3, -0.25) is 0 Å². The van der Waals surface area contributed by atoms with Gasteiger partial charge in [0.15, 0.2) is 0 Å². The molecule has 2 N–H and O–H groups in total. The third-order valence-electron chi connectivity index (χ3n) is 2.52. The summed E-state index contributed by atoms with van der Waals surface area (Å²) in [6.07, 6.45) is 0. The Morgan fingerprint density at radius 3 is 1.71 bits per heavy atom. The van der Waals surface area contributed by atoms with Crippen molar-refractivity contribution in [1.82, 2.24) is 0 Å². The first-order valence-corrected chi connectivity index (χ1v) is 5.73. The van der Waals surface area contributed by atoms with Crippen LogP contribution in [0.2, 0.25) is 0 Å². The molecule has 0 aliphatic rings. The minimum atomic E-state index is -1.52. The van der Waals surface area contributed by atoms with Crippen molar-refractivity contribution in [3.8, 4) is 0 Å². The number of aromatic carboxylic acids is 2. The normalized spacial score (nSPS) is 9.81. The van der Waals surface area contributed by atoms with Crippen LogP contribution in [0.1, 0.15) is 48.4 Å². The van der Waals surface area contributed by atoms with Crippen molar-refractivity contribution in [2.24, 2.45) is 0 Å². The molecule has 0 aromatic heterocycles. The summed E-state index contributed by atoms with van der Waals surface area (Å²) in [5.74, 6) is -5.02. The summed E-state index contributed by atoms with van der Waals surface area (Å²) in [6.45, 7) is 1.51. The molecule has 0 unspecified atom stereocenters. The fourth-order valence-electron chi connectivity index (χ4n) is 1.61. The first-order valence-electron chi connectivity index (χ1n) is 5.73. The average Bonchev–Trinajstić information content (AvgIpc) is 2.44. The maximum atomic E-state index is 11.7. The molecule has 0 aliphatic heterocycles. The summed E-state index contributed by atoms with van der Waals surface area (Å²) in [6, 6.07) is 1.57. The number of benzene rings is 1. The van der Waals surface area contributed by atoms with Crippen molar-refractivity contribution in [2.75, 3.05) is 13.7 Å². The van der Waals surface area contributed by atoms with E-state index in [9.17, 15) is 19.2 Å². The molecule has 0 spiro atoms. The monoisotopic (exact) mass is 296 g/mol. The van der Waals surface area contributed by atoms with Gasteiger partial charge in [-0.25, -0.2) is 19.2 Å². The van der Waals surface area contributed by atoms with Crippen LogP contribution in [-0.2, 0) is 9.47 Å². The molecule has 0 fully saturated rings. The van der Waals surface area contributed by atoms with Crippen molar-refractivity contribution >= 4 is 23.9 Å². The highest BCUT2D eigenvalue weighted by Crippen LogP contribution is 2.20. The topological polar surface area (TPSA) is 127 Å². The number of esters is 2. The molecule has 0 radical (unpaired) electrons. The van der Waals surface area contributed by atoms with Gasteiger partial charge in [-0.1, -0.05) is 0 Å². The molecule has 0 aliphatic carbocycles. The fourth-order valence-corrected chi connectivity index (χ4v) is 1.61. The summed E-state index contributed by atoms with van der Waals surface area (Å²) in [4.78, 5) is 45.5. The molecule has 1 aromatic rings. The Labute approximate surface area is 118 Å². The van der Waals surface area contributed by atoms with E-state index < -0.39 is 46.1 Å². The number of ether oxygens (including phenoxy) is 2. The first-order chi connectivity index (χ1) is 9.83. The van der Waals surface area contributed by atoms with Gasteiger partial charge in [0, 0.05) is 0 Å². The van der Waals surface area contributed by atoms with Crippen LogP contribution in [-0.4, -0.2) is 47.8 Å². The highest BCUT2D eigenvalue weighted by molar-refractivity contribution is 6.09. The Balaban J connectivity index is 3.62. The van der Waals surface area contributed by atoms with Gasteiger partial charge in [0.1, 0.15) is 0 Å². The van der Waals surface area contributed by atoms with Crippen LogP contribution in [0.15, 0.2) is 12.1 Å². The fraction of sp³-hybridized carbons (Fsp3) is 0.231. The van der Waals surface area contributed by atoms with Gasteiger partial charge in [0.05, 0.1) is 36.0 Å². The minimum Gasteiger partial charge on any atom is -0.478 e. The second-order valence-corrected chi connectivity index (χ2v) is 3.77. The predicted octanol–water partition coefficient (Wildman–Crippen LogP) is 1.05. The van der Waals surface area contributed by atoms with E-state index in [2.05, 4.69) is 9.47 Å². The summed E-state index contributed by atoms with van der Waals surface area (Å²) >= 11 is 0. The van der Waals surface area contributed by atoms with Crippen LogP contribution in [0.3, 0.4) is 0 Å². The van der Waals surface area contributed by atoms with Gasteiger partial charge in [-0.2, -0.15) is 0 Å². The largest absolute Gasteiger partial charge is 0.478 e. The van der Waals surface area contributed by atoms with Crippen molar-refractivity contribution in [3.05, 3.63) is 34.4 Å². The van der Waals surface area contributed by atoms with Crippen LogP contribution < -0.4 is 0 Å². The number of carbonyl (C=O) groups is 4. The van der Waals surface area contributed by atoms with Crippen LogP contribution in [0.4, 0.5) is 0 Å². The molecular weight excluding hydrogens is 284 g/mol. The minimum absolute atomic E-state index is 0.00781. The summed E-state index contributed by atoms with van der Waals surface area (Å²) in [7, 11) is 1.03. The Kier molecular flexibility index (Phi) is 5.01. The van der Waals surface area contributed by atoms with E-state index in [1.807, 2.05) is 0 Å². The lowest BCUT2D eigenvalue weighted by atomic mass is 9.98. The van der Waals surface area contributed by atoms with Crippen molar-refractivity contribution in [2.45, 2.75) is 6.92 Å². The van der Waals surface area contributed by atoms with Gasteiger partial charge in [0.25, 0.3) is 0 Å². The molecule has 0 atom stereocenters. The quantitative estimate of drug-likeness (QED) is 0.771. The van der Waals surface area contributed by atoms with E-state index in [4.69, 9.17) is 10.2 Å². The molecule has 8 nitrogen and oxygen atoms in total. The third kappa shape index (κ3) is 3.35. The molecule has 0 bridgehead atoms. The summed E-state index contributed by atoms with van der Waals surface area (Å²) in [5, 5.41) is 18.1. The van der Waals surface area contributed by atoms with E-state index in [1.54, 1.807) is 0 Å². The van der Waals surface area contributed by atoms with E-state index >= 15 is 0 Å². The maximum absolute atomic E-state index is 11.7. The number of carboxylic acid groups (broad SMARTS) is 2. The van der Waals surface area contributed by atoms with E-state index in [0.29, 0.717) is 0 Å². The zero-order valence-electron chi connectivity index (χ0n) is 11.2. The Morgan fingerprint density at radius 1 is 0.905 bits per heavy atom. The number of rotatable bonds is 5. The molecular formula is C13H12O8.